The van der Waals surface area contributed by atoms with Crippen LogP contribution in [0.25, 0.3) is 10.9 Å². The fourth-order valence-corrected chi connectivity index (χ4v) is 3.45. The van der Waals surface area contributed by atoms with Gasteiger partial charge in [0, 0.05) is 11.9 Å². The second-order valence-corrected chi connectivity index (χ2v) is 7.17. The van der Waals surface area contributed by atoms with E-state index in [1.165, 1.54) is 0 Å². The van der Waals surface area contributed by atoms with Crippen molar-refractivity contribution >= 4 is 22.8 Å². The Morgan fingerprint density at radius 2 is 2.03 bits per heavy atom. The summed E-state index contributed by atoms with van der Waals surface area (Å²) in [5, 5.41) is 49.3. The van der Waals surface area contributed by atoms with Gasteiger partial charge in [-0.15, -0.1) is 5.52 Å². The van der Waals surface area contributed by atoms with Crippen molar-refractivity contribution in [2.45, 2.75) is 43.5 Å². The third-order valence-electron chi connectivity index (χ3n) is 5.01. The second kappa shape index (κ2) is 9.18. The Balaban J connectivity index is 1.89. The molecule has 0 saturated carbocycles. The van der Waals surface area contributed by atoms with E-state index in [0.717, 1.165) is 5.56 Å². The second-order valence-electron chi connectivity index (χ2n) is 7.17. The van der Waals surface area contributed by atoms with E-state index in [0.29, 0.717) is 30.3 Å². The summed E-state index contributed by atoms with van der Waals surface area (Å²) >= 11 is 0. The first-order valence-electron chi connectivity index (χ1n) is 9.54. The first-order valence-corrected chi connectivity index (χ1v) is 9.54. The van der Waals surface area contributed by atoms with Gasteiger partial charge in [-0.2, -0.15) is 0 Å². The van der Waals surface area contributed by atoms with Crippen LogP contribution in [0.2, 0.25) is 0 Å². The van der Waals surface area contributed by atoms with Crippen LogP contribution in [-0.2, 0) is 22.6 Å². The van der Waals surface area contributed by atoms with Gasteiger partial charge >= 0.3 is 5.97 Å². The molecule has 1 aliphatic heterocycles. The highest BCUT2D eigenvalue weighted by Crippen LogP contribution is 2.35. The molecule has 0 spiro atoms. The molecule has 170 valence electrons. The highest BCUT2D eigenvalue weighted by atomic mass is 16.7. The number of hydrogen-bond donors (Lipinski definition) is 7. The smallest absolute Gasteiger partial charge is 0.343 e. The number of nitrogens with zero attached hydrogens (tertiary/aromatic N) is 2. The lowest BCUT2D eigenvalue weighted by Gasteiger charge is -2.22. The Kier molecular flexibility index (Phi) is 6.79. The predicted octanol–water partition coefficient (Wildman–Crippen LogP) is -2.80. The van der Waals surface area contributed by atoms with Gasteiger partial charge in [-0.1, -0.05) is 23.9 Å². The quantitative estimate of drug-likeness (QED) is 0.0968. The number of nitrogens with two attached hydrogens (primary N) is 2. The predicted molar refractivity (Wildman–Crippen MR) is 107 cm³/mol. The standard InChI is InChI=1S/C19H25N4O8/c20-18(21)22-6-2-4-9-3-1-5-10-12(9)14(11(7-24)23-10)30-17(28)15-13(26)16(27)19(29,8-25)31-15/h1,3,5,13,15-16,24-27,29H,2,4,6-8H2,(H4,20,21,22)/q-1/t13-,15+,16+,19-/m0/s1. The normalized spacial score (nSPS) is 25.6. The molecule has 12 nitrogen and oxygen atoms in total. The van der Waals surface area contributed by atoms with Gasteiger partial charge in [-0.25, -0.2) is 4.79 Å². The number of fused-ring (bicyclic) bond motifs is 1. The monoisotopic (exact) mass is 437 g/mol. The minimum atomic E-state index is -2.51. The van der Waals surface area contributed by atoms with E-state index in [1.807, 2.05) is 0 Å². The molecule has 9 N–H and O–H groups in total. The molecule has 2 heterocycles. The number of aliphatic imine (C=N–C) groups is 1. The van der Waals surface area contributed by atoms with Crippen molar-refractivity contribution in [1.29, 1.82) is 0 Å². The summed E-state index contributed by atoms with van der Waals surface area (Å²) in [6.07, 6.45) is -4.42. The molecule has 1 fully saturated rings. The first kappa shape index (κ1) is 22.9. The van der Waals surface area contributed by atoms with Gasteiger partial charge in [0.25, 0.3) is 0 Å². The molecule has 1 saturated heterocycles. The van der Waals surface area contributed by atoms with Crippen LogP contribution in [0, 0.1) is 0 Å². The Bertz CT molecular complexity index is 973. The minimum absolute atomic E-state index is 0.0227. The number of rotatable bonds is 8. The number of guanidine groups is 1. The van der Waals surface area contributed by atoms with Gasteiger partial charge in [0.15, 0.2) is 12.1 Å². The lowest BCUT2D eigenvalue weighted by Crippen LogP contribution is -2.46. The van der Waals surface area contributed by atoms with Crippen LogP contribution in [0.5, 0.6) is 5.75 Å². The zero-order valence-electron chi connectivity index (χ0n) is 16.5. The van der Waals surface area contributed by atoms with Crippen LogP contribution in [0.15, 0.2) is 23.2 Å². The van der Waals surface area contributed by atoms with Crippen molar-refractivity contribution in [2.24, 2.45) is 16.5 Å². The van der Waals surface area contributed by atoms with E-state index in [9.17, 15) is 30.3 Å². The minimum Gasteiger partial charge on any atom is -0.656 e. The molecule has 1 aromatic heterocycles. The fourth-order valence-electron chi connectivity index (χ4n) is 3.45. The summed E-state index contributed by atoms with van der Waals surface area (Å²) in [7, 11) is 0. The molecular weight excluding hydrogens is 412 g/mol. The van der Waals surface area contributed by atoms with Crippen molar-refractivity contribution in [3.05, 3.63) is 29.5 Å². The molecule has 2 aromatic rings. The van der Waals surface area contributed by atoms with Gasteiger partial charge in [0.05, 0.1) is 13.2 Å². The van der Waals surface area contributed by atoms with E-state index in [-0.39, 0.29) is 17.4 Å². The Morgan fingerprint density at radius 3 is 2.65 bits per heavy atom. The molecule has 0 bridgehead atoms. The van der Waals surface area contributed by atoms with Crippen LogP contribution in [0.4, 0.5) is 0 Å². The van der Waals surface area contributed by atoms with Crippen LogP contribution in [0.3, 0.4) is 0 Å². The van der Waals surface area contributed by atoms with E-state index in [4.69, 9.17) is 20.9 Å². The average Bonchev–Trinajstić information content (AvgIpc) is 3.22. The largest absolute Gasteiger partial charge is 0.656 e. The highest BCUT2D eigenvalue weighted by molar-refractivity contribution is 5.93. The number of esters is 1. The van der Waals surface area contributed by atoms with Gasteiger partial charge in [0.1, 0.15) is 18.0 Å². The van der Waals surface area contributed by atoms with Gasteiger partial charge < -0.3 is 51.5 Å². The Hall–Kier alpha value is -2.74. The number of ether oxygens (including phenoxy) is 2. The number of aliphatic hydroxyl groups is 5. The summed E-state index contributed by atoms with van der Waals surface area (Å²) < 4.78 is 10.4. The van der Waals surface area contributed by atoms with Gasteiger partial charge in [-0.3, -0.25) is 4.99 Å². The van der Waals surface area contributed by atoms with Crippen LogP contribution < -0.4 is 21.2 Å². The zero-order valence-corrected chi connectivity index (χ0v) is 16.5. The van der Waals surface area contributed by atoms with Crippen molar-refractivity contribution in [3.8, 4) is 5.75 Å². The summed E-state index contributed by atoms with van der Waals surface area (Å²) in [6.45, 7) is -1.19. The highest BCUT2D eigenvalue weighted by Gasteiger charge is 2.56. The summed E-state index contributed by atoms with van der Waals surface area (Å²) in [5.41, 5.74) is 12.0. The zero-order chi connectivity index (χ0) is 22.8. The molecule has 4 atom stereocenters. The van der Waals surface area contributed by atoms with Gasteiger partial charge in [0.2, 0.25) is 5.79 Å². The van der Waals surface area contributed by atoms with Crippen molar-refractivity contribution in [3.63, 3.8) is 0 Å². The summed E-state index contributed by atoms with van der Waals surface area (Å²) in [5.74, 6) is -3.68. The third kappa shape index (κ3) is 4.49. The van der Waals surface area contributed by atoms with E-state index >= 15 is 0 Å². The molecule has 12 heteroatoms. The van der Waals surface area contributed by atoms with Crippen molar-refractivity contribution in [1.82, 2.24) is 4.98 Å². The first-order chi connectivity index (χ1) is 14.7. The maximum absolute atomic E-state index is 12.7. The van der Waals surface area contributed by atoms with Crippen LogP contribution in [-0.4, -0.2) is 74.7 Å². The number of carbonyl (C=O) groups excluding carboxylic acids is 1. The molecule has 0 unspecified atom stereocenters. The van der Waals surface area contributed by atoms with Crippen molar-refractivity contribution < 1.29 is 39.8 Å². The molecule has 0 amide bonds. The lowest BCUT2D eigenvalue weighted by atomic mass is 10.0. The number of carbonyl (C=O) groups is 1. The van der Waals surface area contributed by atoms with E-state index in [1.54, 1.807) is 18.2 Å². The maximum atomic E-state index is 12.7. The van der Waals surface area contributed by atoms with Crippen LogP contribution in [0.1, 0.15) is 17.7 Å². The lowest BCUT2D eigenvalue weighted by molar-refractivity contribution is -0.246. The molecule has 1 aromatic carbocycles. The average molecular weight is 437 g/mol. The van der Waals surface area contributed by atoms with E-state index < -0.39 is 43.3 Å². The number of aromatic nitrogens is 1. The Morgan fingerprint density at radius 1 is 1.29 bits per heavy atom. The van der Waals surface area contributed by atoms with E-state index in [2.05, 4.69) is 9.98 Å². The molecular formula is C19H25N4O8-. The number of benzene rings is 1. The van der Waals surface area contributed by atoms with Crippen LogP contribution >= 0.6 is 0 Å². The Labute approximate surface area is 176 Å². The van der Waals surface area contributed by atoms with Gasteiger partial charge in [-0.05, 0) is 18.4 Å². The summed E-state index contributed by atoms with van der Waals surface area (Å²) in [4.78, 5) is 20.9. The maximum Gasteiger partial charge on any atom is 0.343 e. The fraction of sp³-hybridized carbons (Fsp3) is 0.474. The van der Waals surface area contributed by atoms with Crippen molar-refractivity contribution in [2.75, 3.05) is 13.2 Å². The summed E-state index contributed by atoms with van der Waals surface area (Å²) in [6, 6.07) is 5.24. The molecule has 0 radical (unpaired) electrons. The molecule has 31 heavy (non-hydrogen) atoms. The topological polar surface area (TPSA) is 215 Å². The molecule has 3 rings (SSSR count). The number of aliphatic hydroxyl groups excluding tert-OH is 4. The molecule has 0 aliphatic carbocycles. The third-order valence-corrected chi connectivity index (χ3v) is 5.01. The SMILES string of the molecule is NC(N)=NCCCc1cccc2[n-]c(CO)c(OC(=O)[C@@H]3O[C@@](O)(CO)[C@H](O)[C@H]3O)c12. The number of hydrogen-bond acceptors (Lipinski definition) is 9. The molecule has 1 aliphatic rings. The number of aryl methyl sites for hydroxylation is 1.